The summed E-state index contributed by atoms with van der Waals surface area (Å²) in [6.45, 7) is 0. The summed E-state index contributed by atoms with van der Waals surface area (Å²) >= 11 is 0. The minimum Gasteiger partial charge on any atom is -0.341 e. The number of H-pyrrole nitrogens is 2. The van der Waals surface area contributed by atoms with E-state index in [1.165, 1.54) is 0 Å². The smallest absolute Gasteiger partial charge is 0.270 e. The third kappa shape index (κ3) is 1.79. The zero-order valence-corrected chi connectivity index (χ0v) is 11.6. The lowest BCUT2D eigenvalue weighted by Gasteiger charge is -2.11. The molecule has 0 bridgehead atoms. The summed E-state index contributed by atoms with van der Waals surface area (Å²) in [6, 6.07) is 16.5. The highest BCUT2D eigenvalue weighted by Crippen LogP contribution is 2.33. The van der Waals surface area contributed by atoms with Gasteiger partial charge in [0.1, 0.15) is 0 Å². The molecule has 5 nitrogen and oxygen atoms in total. The molecule has 0 saturated carbocycles. The highest BCUT2D eigenvalue weighted by molar-refractivity contribution is 6.00. The monoisotopic (exact) mass is 291 g/mol. The lowest BCUT2D eigenvalue weighted by atomic mass is 9.96. The molecule has 1 aliphatic rings. The number of amides is 1. The van der Waals surface area contributed by atoms with Crippen molar-refractivity contribution in [2.45, 2.75) is 6.04 Å². The predicted octanol–water partition coefficient (Wildman–Crippen LogP) is 2.20. The van der Waals surface area contributed by atoms with E-state index in [-0.39, 0.29) is 11.5 Å². The van der Waals surface area contributed by atoms with Crippen LogP contribution in [0.3, 0.4) is 0 Å². The summed E-state index contributed by atoms with van der Waals surface area (Å²) in [5, 5.41) is 8.44. The van der Waals surface area contributed by atoms with Crippen molar-refractivity contribution >= 4 is 5.91 Å². The molecule has 3 N–H and O–H groups in total. The van der Waals surface area contributed by atoms with Crippen molar-refractivity contribution in [3.63, 3.8) is 0 Å². The summed E-state index contributed by atoms with van der Waals surface area (Å²) in [7, 11) is 0. The average molecular weight is 291 g/mol. The predicted molar refractivity (Wildman–Crippen MR) is 82.6 cm³/mol. The number of hydrogen-bond acceptors (Lipinski definition) is 2. The van der Waals surface area contributed by atoms with E-state index >= 15 is 0 Å². The van der Waals surface area contributed by atoms with Crippen LogP contribution in [0, 0.1) is 0 Å². The van der Waals surface area contributed by atoms with Crippen molar-refractivity contribution in [2.24, 2.45) is 0 Å². The van der Waals surface area contributed by atoms with Crippen molar-refractivity contribution in [1.82, 2.24) is 15.5 Å². The molecule has 0 aliphatic carbocycles. The van der Waals surface area contributed by atoms with E-state index in [9.17, 15) is 9.59 Å². The average Bonchev–Trinajstić information content (AvgIpc) is 3.09. The van der Waals surface area contributed by atoms with Crippen molar-refractivity contribution < 1.29 is 4.79 Å². The van der Waals surface area contributed by atoms with Crippen LogP contribution in [0.1, 0.15) is 27.5 Å². The molecule has 1 unspecified atom stereocenters. The van der Waals surface area contributed by atoms with Crippen LogP contribution >= 0.6 is 0 Å². The van der Waals surface area contributed by atoms with Gasteiger partial charge in [-0.2, -0.15) is 0 Å². The second-order valence-corrected chi connectivity index (χ2v) is 5.23. The van der Waals surface area contributed by atoms with Gasteiger partial charge in [0, 0.05) is 5.56 Å². The van der Waals surface area contributed by atoms with Crippen LogP contribution in [0.15, 0.2) is 59.4 Å². The maximum absolute atomic E-state index is 12.3. The molecule has 1 aliphatic heterocycles. The molecule has 0 fully saturated rings. The molecule has 2 heterocycles. The first-order chi connectivity index (χ1) is 10.8. The van der Waals surface area contributed by atoms with Crippen LogP contribution in [0.4, 0.5) is 0 Å². The van der Waals surface area contributed by atoms with Crippen LogP contribution in [0.2, 0.25) is 0 Å². The van der Waals surface area contributed by atoms with Crippen LogP contribution < -0.4 is 10.9 Å². The summed E-state index contributed by atoms with van der Waals surface area (Å²) < 4.78 is 0. The first-order valence-electron chi connectivity index (χ1n) is 7.01. The summed E-state index contributed by atoms with van der Waals surface area (Å²) in [5.74, 6) is -0.153. The second-order valence-electron chi connectivity index (χ2n) is 5.23. The van der Waals surface area contributed by atoms with Gasteiger partial charge in [0.05, 0.1) is 17.3 Å². The molecule has 0 saturated heterocycles. The molecule has 4 rings (SSSR count). The number of aromatic amines is 2. The summed E-state index contributed by atoms with van der Waals surface area (Å²) in [4.78, 5) is 24.4. The van der Waals surface area contributed by atoms with Crippen molar-refractivity contribution in [1.29, 1.82) is 0 Å². The fourth-order valence-corrected chi connectivity index (χ4v) is 2.95. The van der Waals surface area contributed by atoms with Crippen molar-refractivity contribution in [3.05, 3.63) is 81.6 Å². The number of carbonyl (C=O) groups excluding carboxylic acids is 1. The van der Waals surface area contributed by atoms with Gasteiger partial charge in [0.2, 0.25) is 0 Å². The molecule has 3 aromatic rings. The largest absolute Gasteiger partial charge is 0.341 e. The number of rotatable bonds is 2. The Bertz CT molecular complexity index is 909. The number of aromatic nitrogens is 2. The lowest BCUT2D eigenvalue weighted by molar-refractivity contribution is 0.0960. The Hall–Kier alpha value is -3.08. The topological polar surface area (TPSA) is 77.8 Å². The number of hydrogen-bond donors (Lipinski definition) is 3. The van der Waals surface area contributed by atoms with Crippen molar-refractivity contribution in [3.8, 4) is 11.3 Å². The SMILES string of the molecule is O=C1NC(c2c(-c3ccccc3)[nH][nH]c2=O)c2ccccc21. The Morgan fingerprint density at radius 3 is 2.36 bits per heavy atom. The molecule has 108 valence electrons. The van der Waals surface area contributed by atoms with Gasteiger partial charge < -0.3 is 5.32 Å². The Morgan fingerprint density at radius 2 is 1.55 bits per heavy atom. The number of carbonyl (C=O) groups is 1. The van der Waals surface area contributed by atoms with Gasteiger partial charge in [0.25, 0.3) is 11.5 Å². The minimum absolute atomic E-state index is 0.153. The van der Waals surface area contributed by atoms with Gasteiger partial charge in [0.15, 0.2) is 0 Å². The Morgan fingerprint density at radius 1 is 0.818 bits per heavy atom. The molecule has 2 aromatic carbocycles. The quantitative estimate of drug-likeness (QED) is 0.677. The minimum atomic E-state index is -0.436. The molecule has 1 atom stereocenters. The summed E-state index contributed by atoms with van der Waals surface area (Å²) in [6.07, 6.45) is 0. The van der Waals surface area contributed by atoms with E-state index in [0.717, 1.165) is 11.1 Å². The zero-order chi connectivity index (χ0) is 15.1. The van der Waals surface area contributed by atoms with Crippen LogP contribution in [-0.4, -0.2) is 16.1 Å². The molecule has 0 spiro atoms. The van der Waals surface area contributed by atoms with Gasteiger partial charge in [-0.1, -0.05) is 48.5 Å². The van der Waals surface area contributed by atoms with Crippen LogP contribution in [0.25, 0.3) is 11.3 Å². The maximum atomic E-state index is 12.3. The van der Waals surface area contributed by atoms with E-state index < -0.39 is 6.04 Å². The molecular weight excluding hydrogens is 278 g/mol. The van der Waals surface area contributed by atoms with Crippen LogP contribution in [0.5, 0.6) is 0 Å². The van der Waals surface area contributed by atoms with Gasteiger partial charge in [-0.25, -0.2) is 0 Å². The van der Waals surface area contributed by atoms with E-state index in [2.05, 4.69) is 15.5 Å². The maximum Gasteiger partial charge on any atom is 0.270 e. The molecule has 1 amide bonds. The fraction of sp³-hybridized carbons (Fsp3) is 0.0588. The standard InChI is InChI=1S/C17H13N3O2/c21-16-12-9-5-4-8-11(12)15(18-16)13-14(19-20-17(13)22)10-6-2-1-3-7-10/h1-9,15H,(H,18,21)(H2,19,20,22). The van der Waals surface area contributed by atoms with E-state index in [1.807, 2.05) is 48.5 Å². The van der Waals surface area contributed by atoms with Gasteiger partial charge in [-0.15, -0.1) is 0 Å². The Kier molecular flexibility index (Phi) is 2.72. The first kappa shape index (κ1) is 12.6. The molecule has 0 radical (unpaired) electrons. The molecule has 5 heteroatoms. The highest BCUT2D eigenvalue weighted by Gasteiger charge is 2.33. The third-order valence-electron chi connectivity index (χ3n) is 3.96. The number of fused-ring (bicyclic) bond motifs is 1. The fourth-order valence-electron chi connectivity index (χ4n) is 2.95. The van der Waals surface area contributed by atoms with Gasteiger partial charge >= 0.3 is 0 Å². The van der Waals surface area contributed by atoms with E-state index in [0.29, 0.717) is 16.8 Å². The lowest BCUT2D eigenvalue weighted by Crippen LogP contribution is -2.24. The van der Waals surface area contributed by atoms with Gasteiger partial charge in [-0.05, 0) is 17.2 Å². The zero-order valence-electron chi connectivity index (χ0n) is 11.6. The molecule has 22 heavy (non-hydrogen) atoms. The highest BCUT2D eigenvalue weighted by atomic mass is 16.2. The summed E-state index contributed by atoms with van der Waals surface area (Å²) in [5.41, 5.74) is 3.36. The second kappa shape index (κ2) is 4.73. The number of nitrogens with one attached hydrogen (secondary N) is 3. The van der Waals surface area contributed by atoms with Crippen LogP contribution in [-0.2, 0) is 0 Å². The molecule has 1 aromatic heterocycles. The first-order valence-corrected chi connectivity index (χ1v) is 7.01. The van der Waals surface area contributed by atoms with Crippen molar-refractivity contribution in [2.75, 3.05) is 0 Å². The number of benzene rings is 2. The molecular formula is C17H13N3O2. The Balaban J connectivity index is 1.91. The third-order valence-corrected chi connectivity index (χ3v) is 3.96. The Labute approximate surface area is 126 Å². The normalized spacial score (nSPS) is 16.4. The van der Waals surface area contributed by atoms with E-state index in [1.54, 1.807) is 6.07 Å². The van der Waals surface area contributed by atoms with Gasteiger partial charge in [-0.3, -0.25) is 19.8 Å². The van der Waals surface area contributed by atoms with E-state index in [4.69, 9.17) is 0 Å².